The summed E-state index contributed by atoms with van der Waals surface area (Å²) in [5, 5.41) is 18.2. The van der Waals surface area contributed by atoms with Crippen molar-refractivity contribution in [1.29, 1.82) is 0 Å². The molecule has 0 radical (unpaired) electrons. The molecule has 6 heteroatoms. The van der Waals surface area contributed by atoms with E-state index in [1.807, 2.05) is 0 Å². The minimum absolute atomic E-state index is 0.0224. The van der Waals surface area contributed by atoms with Gasteiger partial charge in [-0.1, -0.05) is 0 Å². The van der Waals surface area contributed by atoms with Gasteiger partial charge in [-0.3, -0.25) is 4.79 Å². The number of carboxylic acids is 1. The number of phenols is 1. The highest BCUT2D eigenvalue weighted by molar-refractivity contribution is 5.66. The topological polar surface area (TPSA) is 92.8 Å². The normalized spacial score (nSPS) is 12.2. The fourth-order valence-electron chi connectivity index (χ4n) is 1.47. The molecule has 0 amide bonds. The van der Waals surface area contributed by atoms with Crippen LogP contribution in [-0.2, 0) is 4.79 Å². The highest BCUT2D eigenvalue weighted by atomic mass is 19.1. The van der Waals surface area contributed by atoms with Crippen LogP contribution in [0, 0.1) is 5.82 Å². The van der Waals surface area contributed by atoms with Crippen LogP contribution < -0.4 is 10.5 Å². The van der Waals surface area contributed by atoms with E-state index < -0.39 is 17.8 Å². The van der Waals surface area contributed by atoms with Gasteiger partial charge < -0.3 is 20.7 Å². The molecule has 0 aromatic heterocycles. The van der Waals surface area contributed by atoms with Crippen molar-refractivity contribution in [2.75, 3.05) is 7.11 Å². The summed E-state index contributed by atoms with van der Waals surface area (Å²) in [5.41, 5.74) is 5.83. The van der Waals surface area contributed by atoms with Gasteiger partial charge in [-0.2, -0.15) is 0 Å². The number of hydrogen-bond acceptors (Lipinski definition) is 4. The van der Waals surface area contributed by atoms with Crippen LogP contribution in [0.15, 0.2) is 12.1 Å². The lowest BCUT2D eigenvalue weighted by Gasteiger charge is -2.14. The first-order valence-corrected chi connectivity index (χ1v) is 4.99. The molecular weight excluding hydrogens is 229 g/mol. The number of aromatic hydroxyl groups is 1. The molecule has 0 fully saturated rings. The molecule has 0 aliphatic carbocycles. The zero-order chi connectivity index (χ0) is 13.0. The Bertz CT molecular complexity index is 422. The second kappa shape index (κ2) is 5.49. The number of nitrogens with two attached hydrogens (primary N) is 1. The summed E-state index contributed by atoms with van der Waals surface area (Å²) in [6.07, 6.45) is -0.0467. The lowest BCUT2D eigenvalue weighted by molar-refractivity contribution is -0.137. The van der Waals surface area contributed by atoms with Crippen LogP contribution in [0.1, 0.15) is 24.4 Å². The molecule has 0 saturated heterocycles. The van der Waals surface area contributed by atoms with Crippen LogP contribution in [-0.4, -0.2) is 23.3 Å². The van der Waals surface area contributed by atoms with E-state index >= 15 is 0 Å². The molecule has 1 atom stereocenters. The smallest absolute Gasteiger partial charge is 0.303 e. The SMILES string of the molecule is COc1cc(F)cc(C(N)CCC(=O)O)c1O. The summed E-state index contributed by atoms with van der Waals surface area (Å²) in [5.74, 6) is -1.87. The largest absolute Gasteiger partial charge is 0.504 e. The van der Waals surface area contributed by atoms with Crippen LogP contribution in [0.2, 0.25) is 0 Å². The lowest BCUT2D eigenvalue weighted by Crippen LogP contribution is -2.13. The maximum atomic E-state index is 13.2. The van der Waals surface area contributed by atoms with E-state index in [0.717, 1.165) is 12.1 Å². The molecule has 0 spiro atoms. The van der Waals surface area contributed by atoms with Gasteiger partial charge in [-0.25, -0.2) is 4.39 Å². The third kappa shape index (κ3) is 3.32. The fourth-order valence-corrected chi connectivity index (χ4v) is 1.47. The maximum Gasteiger partial charge on any atom is 0.303 e. The number of phenolic OH excluding ortho intramolecular Hbond substituents is 1. The quantitative estimate of drug-likeness (QED) is 0.727. The minimum atomic E-state index is -0.997. The third-order valence-corrected chi connectivity index (χ3v) is 2.36. The van der Waals surface area contributed by atoms with Crippen LogP contribution in [0.3, 0.4) is 0 Å². The molecule has 1 aromatic carbocycles. The summed E-state index contributed by atoms with van der Waals surface area (Å²) in [6, 6.07) is 1.35. The fraction of sp³-hybridized carbons (Fsp3) is 0.364. The van der Waals surface area contributed by atoms with Gasteiger partial charge in [-0.15, -0.1) is 0 Å². The summed E-state index contributed by atoms with van der Waals surface area (Å²) < 4.78 is 18.0. The first kappa shape index (κ1) is 13.2. The Kier molecular flexibility index (Phi) is 4.28. The van der Waals surface area contributed by atoms with Gasteiger partial charge in [0.2, 0.25) is 0 Å². The molecule has 0 saturated carbocycles. The van der Waals surface area contributed by atoms with Gasteiger partial charge in [-0.05, 0) is 12.5 Å². The molecule has 0 aliphatic heterocycles. The first-order valence-electron chi connectivity index (χ1n) is 4.99. The Hall–Kier alpha value is -1.82. The van der Waals surface area contributed by atoms with E-state index in [-0.39, 0.29) is 29.9 Å². The van der Waals surface area contributed by atoms with E-state index in [0.29, 0.717) is 0 Å². The second-order valence-electron chi connectivity index (χ2n) is 3.58. The number of carboxylic acid groups (broad SMARTS) is 1. The van der Waals surface area contributed by atoms with E-state index in [9.17, 15) is 14.3 Å². The number of benzene rings is 1. The van der Waals surface area contributed by atoms with Crippen molar-refractivity contribution in [3.05, 3.63) is 23.5 Å². The Morgan fingerprint density at radius 3 is 2.76 bits per heavy atom. The van der Waals surface area contributed by atoms with Gasteiger partial charge in [0.25, 0.3) is 0 Å². The maximum absolute atomic E-state index is 13.2. The summed E-state index contributed by atoms with van der Waals surface area (Å²) in [4.78, 5) is 10.4. The Morgan fingerprint density at radius 2 is 2.24 bits per heavy atom. The van der Waals surface area contributed by atoms with Crippen molar-refractivity contribution in [2.45, 2.75) is 18.9 Å². The number of halogens is 1. The number of rotatable bonds is 5. The number of ether oxygens (including phenoxy) is 1. The lowest BCUT2D eigenvalue weighted by atomic mass is 10.0. The van der Waals surface area contributed by atoms with Crippen molar-refractivity contribution in [3.63, 3.8) is 0 Å². The average Bonchev–Trinajstić information content (AvgIpc) is 2.28. The van der Waals surface area contributed by atoms with E-state index in [2.05, 4.69) is 0 Å². The second-order valence-corrected chi connectivity index (χ2v) is 3.58. The Labute approximate surface area is 97.6 Å². The zero-order valence-corrected chi connectivity index (χ0v) is 9.31. The number of carbonyl (C=O) groups is 1. The summed E-state index contributed by atoms with van der Waals surface area (Å²) >= 11 is 0. The Balaban J connectivity index is 2.96. The predicted octanol–water partition coefficient (Wildman–Crippen LogP) is 1.40. The number of aliphatic carboxylic acids is 1. The molecule has 4 N–H and O–H groups in total. The molecule has 0 bridgehead atoms. The van der Waals surface area contributed by atoms with Gasteiger partial charge in [0.05, 0.1) is 7.11 Å². The van der Waals surface area contributed by atoms with Gasteiger partial charge in [0.15, 0.2) is 11.5 Å². The first-order chi connectivity index (χ1) is 7.95. The molecule has 94 valence electrons. The molecule has 5 nitrogen and oxygen atoms in total. The molecule has 17 heavy (non-hydrogen) atoms. The number of methoxy groups -OCH3 is 1. The standard InChI is InChI=1S/C11H14FNO4/c1-17-9-5-6(12)4-7(11(9)16)8(13)2-3-10(14)15/h4-5,8,16H,2-3,13H2,1H3,(H,14,15). The van der Waals surface area contributed by atoms with Crippen molar-refractivity contribution < 1.29 is 24.1 Å². The van der Waals surface area contributed by atoms with Crippen molar-refractivity contribution in [3.8, 4) is 11.5 Å². The molecule has 1 aromatic rings. The zero-order valence-electron chi connectivity index (χ0n) is 9.31. The molecule has 0 heterocycles. The summed E-state index contributed by atoms with van der Waals surface area (Å²) in [7, 11) is 1.29. The predicted molar refractivity (Wildman–Crippen MR) is 58.4 cm³/mol. The minimum Gasteiger partial charge on any atom is -0.504 e. The molecule has 0 aliphatic rings. The van der Waals surface area contributed by atoms with Crippen LogP contribution in [0.5, 0.6) is 11.5 Å². The molecular formula is C11H14FNO4. The average molecular weight is 243 g/mol. The van der Waals surface area contributed by atoms with E-state index in [1.165, 1.54) is 7.11 Å². The van der Waals surface area contributed by atoms with E-state index in [4.69, 9.17) is 15.6 Å². The highest BCUT2D eigenvalue weighted by Gasteiger charge is 2.17. The monoisotopic (exact) mass is 243 g/mol. The van der Waals surface area contributed by atoms with Gasteiger partial charge in [0, 0.05) is 24.1 Å². The Morgan fingerprint density at radius 1 is 1.59 bits per heavy atom. The van der Waals surface area contributed by atoms with Crippen LogP contribution in [0.25, 0.3) is 0 Å². The third-order valence-electron chi connectivity index (χ3n) is 2.36. The van der Waals surface area contributed by atoms with Crippen molar-refractivity contribution in [1.82, 2.24) is 0 Å². The molecule has 1 rings (SSSR count). The van der Waals surface area contributed by atoms with E-state index in [1.54, 1.807) is 0 Å². The number of hydrogen-bond donors (Lipinski definition) is 3. The van der Waals surface area contributed by atoms with Gasteiger partial charge in [0.1, 0.15) is 5.82 Å². The van der Waals surface area contributed by atoms with Crippen LogP contribution in [0.4, 0.5) is 4.39 Å². The van der Waals surface area contributed by atoms with Gasteiger partial charge >= 0.3 is 5.97 Å². The van der Waals surface area contributed by atoms with Crippen molar-refractivity contribution >= 4 is 5.97 Å². The molecule has 1 unspecified atom stereocenters. The van der Waals surface area contributed by atoms with Crippen LogP contribution >= 0.6 is 0 Å². The summed E-state index contributed by atoms with van der Waals surface area (Å²) in [6.45, 7) is 0. The highest BCUT2D eigenvalue weighted by Crippen LogP contribution is 2.35. The van der Waals surface area contributed by atoms with Crippen molar-refractivity contribution in [2.24, 2.45) is 5.73 Å².